The van der Waals surface area contributed by atoms with Crippen molar-refractivity contribution >= 4 is 28.8 Å². The number of pyridine rings is 1. The number of aromatic nitrogens is 2. The lowest BCUT2D eigenvalue weighted by molar-refractivity contribution is 0.0948. The fourth-order valence-electron chi connectivity index (χ4n) is 2.32. The van der Waals surface area contributed by atoms with Gasteiger partial charge in [0.1, 0.15) is 10.8 Å². The van der Waals surface area contributed by atoms with Gasteiger partial charge in [-0.3, -0.25) is 9.78 Å². The van der Waals surface area contributed by atoms with E-state index in [9.17, 15) is 4.79 Å². The zero-order valence-electron chi connectivity index (χ0n) is 13.7. The van der Waals surface area contributed by atoms with Crippen LogP contribution in [-0.2, 0) is 6.54 Å². The van der Waals surface area contributed by atoms with Crippen LogP contribution >= 0.6 is 22.9 Å². The Bertz CT molecular complexity index is 897. The Morgan fingerprint density at radius 1 is 1.36 bits per heavy atom. The first-order valence-corrected chi connectivity index (χ1v) is 8.76. The molecule has 0 fully saturated rings. The molecule has 0 atom stereocenters. The third-order valence-electron chi connectivity index (χ3n) is 3.62. The molecule has 0 spiro atoms. The van der Waals surface area contributed by atoms with Crippen LogP contribution in [0, 0.1) is 6.92 Å². The summed E-state index contributed by atoms with van der Waals surface area (Å²) < 4.78 is 5.22. The van der Waals surface area contributed by atoms with Gasteiger partial charge in [-0.2, -0.15) is 0 Å². The molecule has 2 heterocycles. The highest BCUT2D eigenvalue weighted by atomic mass is 35.5. The molecule has 0 bridgehead atoms. The topological polar surface area (TPSA) is 64.1 Å². The van der Waals surface area contributed by atoms with Gasteiger partial charge in [0.05, 0.1) is 24.9 Å². The first-order valence-electron chi connectivity index (χ1n) is 7.57. The maximum Gasteiger partial charge on any atom is 0.255 e. The van der Waals surface area contributed by atoms with Gasteiger partial charge in [0.25, 0.3) is 5.91 Å². The zero-order chi connectivity index (χ0) is 17.8. The molecule has 0 aliphatic rings. The molecule has 0 aliphatic carbocycles. The minimum atomic E-state index is -0.241. The van der Waals surface area contributed by atoms with Crippen LogP contribution in [0.2, 0.25) is 5.02 Å². The van der Waals surface area contributed by atoms with Gasteiger partial charge in [-0.15, -0.1) is 11.3 Å². The van der Waals surface area contributed by atoms with E-state index in [1.54, 1.807) is 30.6 Å². The van der Waals surface area contributed by atoms with Crippen LogP contribution in [0.5, 0.6) is 5.75 Å². The summed E-state index contributed by atoms with van der Waals surface area (Å²) in [6.07, 6.45) is 3.50. The molecule has 2 aromatic heterocycles. The molecule has 0 radical (unpaired) electrons. The number of thiazole rings is 1. The lowest BCUT2D eigenvalue weighted by Gasteiger charge is -2.09. The fourth-order valence-corrected chi connectivity index (χ4v) is 3.48. The summed E-state index contributed by atoms with van der Waals surface area (Å²) in [6.45, 7) is 2.32. The molecule has 0 saturated carbocycles. The van der Waals surface area contributed by atoms with Crippen LogP contribution in [0.3, 0.4) is 0 Å². The van der Waals surface area contributed by atoms with Crippen molar-refractivity contribution in [3.05, 3.63) is 63.9 Å². The first-order chi connectivity index (χ1) is 12.1. The van der Waals surface area contributed by atoms with Gasteiger partial charge in [-0.1, -0.05) is 11.6 Å². The van der Waals surface area contributed by atoms with Gasteiger partial charge in [0, 0.05) is 27.9 Å². The van der Waals surface area contributed by atoms with Crippen LogP contribution in [-0.4, -0.2) is 23.0 Å². The van der Waals surface area contributed by atoms with Crippen LogP contribution in [0.4, 0.5) is 0 Å². The highest BCUT2D eigenvalue weighted by Gasteiger charge is 2.15. The third-order valence-corrected chi connectivity index (χ3v) is 5.06. The van der Waals surface area contributed by atoms with E-state index in [2.05, 4.69) is 15.3 Å². The molecule has 25 heavy (non-hydrogen) atoms. The molecule has 3 aromatic rings. The monoisotopic (exact) mass is 373 g/mol. The van der Waals surface area contributed by atoms with Crippen molar-refractivity contribution < 1.29 is 9.53 Å². The van der Waals surface area contributed by atoms with E-state index in [0.29, 0.717) is 22.9 Å². The van der Waals surface area contributed by atoms with E-state index in [1.807, 2.05) is 19.1 Å². The Kier molecular flexibility index (Phi) is 5.31. The second-order valence-electron chi connectivity index (χ2n) is 5.30. The summed E-state index contributed by atoms with van der Waals surface area (Å²) in [5, 5.41) is 4.27. The zero-order valence-corrected chi connectivity index (χ0v) is 15.3. The molecule has 128 valence electrons. The average Bonchev–Trinajstić information content (AvgIpc) is 3.01. The number of methoxy groups -OCH3 is 1. The number of aryl methyl sites for hydroxylation is 1. The van der Waals surface area contributed by atoms with E-state index in [1.165, 1.54) is 18.4 Å². The predicted molar refractivity (Wildman–Crippen MR) is 99.3 cm³/mol. The number of amides is 1. The molecule has 1 aromatic carbocycles. The predicted octanol–water partition coefficient (Wildman–Crippen LogP) is 4.11. The van der Waals surface area contributed by atoms with E-state index >= 15 is 0 Å². The first kappa shape index (κ1) is 17.4. The van der Waals surface area contributed by atoms with Crippen molar-refractivity contribution in [2.24, 2.45) is 0 Å². The van der Waals surface area contributed by atoms with Crippen molar-refractivity contribution in [2.45, 2.75) is 13.5 Å². The van der Waals surface area contributed by atoms with Crippen molar-refractivity contribution in [3.63, 3.8) is 0 Å². The van der Waals surface area contributed by atoms with E-state index in [-0.39, 0.29) is 5.91 Å². The lowest BCUT2D eigenvalue weighted by atomic mass is 10.2. The second-order valence-corrected chi connectivity index (χ2v) is 6.82. The standard InChI is InChI=1S/C18H16ClN3O2S/c1-11-16(25-18(22-11)12-4-3-7-20-9-12)10-21-17(23)14-8-13(19)5-6-15(14)24-2/h3-9H,10H2,1-2H3,(H,21,23). The molecule has 0 saturated heterocycles. The highest BCUT2D eigenvalue weighted by molar-refractivity contribution is 7.15. The largest absolute Gasteiger partial charge is 0.496 e. The number of carbonyl (C=O) groups excluding carboxylic acids is 1. The Morgan fingerprint density at radius 3 is 2.92 bits per heavy atom. The molecule has 1 amide bonds. The van der Waals surface area contributed by atoms with Crippen molar-refractivity contribution in [3.8, 4) is 16.3 Å². The number of nitrogens with zero attached hydrogens (tertiary/aromatic N) is 2. The van der Waals surface area contributed by atoms with Gasteiger partial charge in [-0.25, -0.2) is 4.98 Å². The Labute approximate surface area is 154 Å². The van der Waals surface area contributed by atoms with Crippen LogP contribution < -0.4 is 10.1 Å². The third kappa shape index (κ3) is 3.97. The van der Waals surface area contributed by atoms with Crippen molar-refractivity contribution in [1.29, 1.82) is 0 Å². The number of benzene rings is 1. The minimum absolute atomic E-state index is 0.241. The molecule has 1 N–H and O–H groups in total. The number of hydrogen-bond donors (Lipinski definition) is 1. The van der Waals surface area contributed by atoms with Crippen LogP contribution in [0.15, 0.2) is 42.7 Å². The summed E-state index contributed by atoms with van der Waals surface area (Å²) in [5.41, 5.74) is 2.26. The summed E-state index contributed by atoms with van der Waals surface area (Å²) in [5.74, 6) is 0.244. The van der Waals surface area contributed by atoms with Crippen molar-refractivity contribution in [1.82, 2.24) is 15.3 Å². The molecule has 0 unspecified atom stereocenters. The molecule has 5 nitrogen and oxygen atoms in total. The number of ether oxygens (including phenoxy) is 1. The van der Waals surface area contributed by atoms with Gasteiger partial charge >= 0.3 is 0 Å². The number of carbonyl (C=O) groups is 1. The quantitative estimate of drug-likeness (QED) is 0.731. The maximum atomic E-state index is 12.5. The number of rotatable bonds is 5. The summed E-state index contributed by atoms with van der Waals surface area (Å²) >= 11 is 7.52. The number of halogens is 1. The van der Waals surface area contributed by atoms with Crippen molar-refractivity contribution in [2.75, 3.05) is 7.11 Å². The van der Waals surface area contributed by atoms with E-state index in [0.717, 1.165) is 21.1 Å². The Morgan fingerprint density at radius 2 is 2.20 bits per heavy atom. The van der Waals surface area contributed by atoms with Crippen LogP contribution in [0.1, 0.15) is 20.9 Å². The van der Waals surface area contributed by atoms with Gasteiger partial charge in [0.15, 0.2) is 0 Å². The SMILES string of the molecule is COc1ccc(Cl)cc1C(=O)NCc1sc(-c2cccnc2)nc1C. The molecular weight excluding hydrogens is 358 g/mol. The highest BCUT2D eigenvalue weighted by Crippen LogP contribution is 2.27. The fraction of sp³-hybridized carbons (Fsp3) is 0.167. The van der Waals surface area contributed by atoms with Gasteiger partial charge in [-0.05, 0) is 37.3 Å². The molecule has 3 rings (SSSR count). The second kappa shape index (κ2) is 7.63. The van der Waals surface area contributed by atoms with E-state index in [4.69, 9.17) is 16.3 Å². The number of nitrogens with one attached hydrogen (secondary N) is 1. The average molecular weight is 374 g/mol. The Hall–Kier alpha value is -2.44. The smallest absolute Gasteiger partial charge is 0.255 e. The Balaban J connectivity index is 1.75. The molecular formula is C18H16ClN3O2S. The van der Waals surface area contributed by atoms with Gasteiger partial charge in [0.2, 0.25) is 0 Å². The van der Waals surface area contributed by atoms with E-state index < -0.39 is 0 Å². The maximum absolute atomic E-state index is 12.5. The van der Waals surface area contributed by atoms with Gasteiger partial charge < -0.3 is 10.1 Å². The minimum Gasteiger partial charge on any atom is -0.496 e. The molecule has 7 heteroatoms. The lowest BCUT2D eigenvalue weighted by Crippen LogP contribution is -2.23. The number of hydrogen-bond acceptors (Lipinski definition) is 5. The normalized spacial score (nSPS) is 10.5. The summed E-state index contributed by atoms with van der Waals surface area (Å²) in [6, 6.07) is 8.79. The molecule has 0 aliphatic heterocycles. The summed E-state index contributed by atoms with van der Waals surface area (Å²) in [4.78, 5) is 22.1. The van der Waals surface area contributed by atoms with Crippen LogP contribution in [0.25, 0.3) is 10.6 Å². The summed E-state index contributed by atoms with van der Waals surface area (Å²) in [7, 11) is 1.52.